The van der Waals surface area contributed by atoms with Crippen molar-refractivity contribution in [1.82, 2.24) is 10.2 Å². The predicted molar refractivity (Wildman–Crippen MR) is 99.8 cm³/mol. The normalized spacial score (nSPS) is 10.3. The Morgan fingerprint density at radius 1 is 1.07 bits per heavy atom. The van der Waals surface area contributed by atoms with Gasteiger partial charge in [0.15, 0.2) is 0 Å². The number of nitro benzene ring substituents is 1. The van der Waals surface area contributed by atoms with Gasteiger partial charge in [-0.25, -0.2) is 0 Å². The van der Waals surface area contributed by atoms with Crippen LogP contribution in [0.1, 0.15) is 15.9 Å². The van der Waals surface area contributed by atoms with Gasteiger partial charge in [0.25, 0.3) is 11.6 Å². The molecule has 3 aromatic rings. The van der Waals surface area contributed by atoms with Crippen LogP contribution in [-0.2, 0) is 0 Å². The first kappa shape index (κ1) is 18.0. The van der Waals surface area contributed by atoms with Crippen LogP contribution in [0.4, 0.5) is 11.4 Å². The third-order valence-electron chi connectivity index (χ3n) is 3.96. The number of amides is 1. The van der Waals surface area contributed by atoms with Crippen molar-refractivity contribution in [2.45, 2.75) is 6.92 Å². The number of ether oxygens (including phenoxy) is 1. The molecule has 0 aliphatic rings. The lowest BCUT2D eigenvalue weighted by atomic mass is 10.1. The second-order valence-corrected chi connectivity index (χ2v) is 5.75. The number of nitrogens with zero attached hydrogens (tertiary/aromatic N) is 3. The molecule has 2 aromatic carbocycles. The molecule has 1 heterocycles. The minimum Gasteiger partial charge on any atom is -0.480 e. The Labute approximate surface area is 155 Å². The van der Waals surface area contributed by atoms with Crippen LogP contribution < -0.4 is 10.1 Å². The van der Waals surface area contributed by atoms with Gasteiger partial charge in [0.1, 0.15) is 0 Å². The summed E-state index contributed by atoms with van der Waals surface area (Å²) in [5, 5.41) is 21.7. The molecule has 1 N–H and O–H groups in total. The van der Waals surface area contributed by atoms with Crippen molar-refractivity contribution in [2.75, 3.05) is 12.4 Å². The molecular weight excluding hydrogens is 348 g/mol. The van der Waals surface area contributed by atoms with Gasteiger partial charge >= 0.3 is 0 Å². The van der Waals surface area contributed by atoms with Crippen LogP contribution in [0, 0.1) is 17.0 Å². The van der Waals surface area contributed by atoms with E-state index in [2.05, 4.69) is 15.5 Å². The second kappa shape index (κ2) is 7.61. The predicted octanol–water partition coefficient (Wildman–Crippen LogP) is 3.62. The first-order valence-electron chi connectivity index (χ1n) is 8.02. The Kier molecular flexibility index (Phi) is 5.07. The van der Waals surface area contributed by atoms with Crippen molar-refractivity contribution in [3.63, 3.8) is 0 Å². The molecule has 8 nitrogen and oxygen atoms in total. The number of nitro groups is 1. The van der Waals surface area contributed by atoms with E-state index in [1.807, 2.05) is 0 Å². The number of carbonyl (C=O) groups excluding carboxylic acids is 1. The fraction of sp³-hybridized carbons (Fsp3) is 0.105. The van der Waals surface area contributed by atoms with Gasteiger partial charge in [-0.1, -0.05) is 18.2 Å². The van der Waals surface area contributed by atoms with Crippen LogP contribution in [0.5, 0.6) is 5.88 Å². The number of nitrogens with one attached hydrogen (secondary N) is 1. The molecule has 1 aromatic heterocycles. The van der Waals surface area contributed by atoms with Crippen molar-refractivity contribution in [2.24, 2.45) is 0 Å². The minimum atomic E-state index is -0.503. The van der Waals surface area contributed by atoms with Gasteiger partial charge in [0, 0.05) is 34.5 Å². The minimum absolute atomic E-state index is 0.0870. The number of aromatic nitrogens is 2. The van der Waals surface area contributed by atoms with Crippen LogP contribution in [0.25, 0.3) is 11.3 Å². The highest BCUT2D eigenvalue weighted by Crippen LogP contribution is 2.22. The number of rotatable bonds is 5. The lowest BCUT2D eigenvalue weighted by Crippen LogP contribution is -2.12. The Morgan fingerprint density at radius 2 is 1.81 bits per heavy atom. The van der Waals surface area contributed by atoms with Crippen molar-refractivity contribution in [1.29, 1.82) is 0 Å². The highest BCUT2D eigenvalue weighted by Gasteiger charge is 2.15. The van der Waals surface area contributed by atoms with E-state index in [1.165, 1.54) is 13.2 Å². The SMILES string of the molecule is COc1ccc(-c2ccc(NC(=O)c3ccc(C)c([N+](=O)[O-])c3)cc2)nn1. The van der Waals surface area contributed by atoms with Crippen LogP contribution in [0.15, 0.2) is 54.6 Å². The van der Waals surface area contributed by atoms with Gasteiger partial charge in [-0.3, -0.25) is 14.9 Å². The summed E-state index contributed by atoms with van der Waals surface area (Å²) in [4.78, 5) is 22.9. The van der Waals surface area contributed by atoms with Crippen molar-refractivity contribution < 1.29 is 14.5 Å². The number of hydrogen-bond donors (Lipinski definition) is 1. The average molecular weight is 364 g/mol. The zero-order chi connectivity index (χ0) is 19.4. The molecule has 8 heteroatoms. The third-order valence-corrected chi connectivity index (χ3v) is 3.96. The number of anilines is 1. The summed E-state index contributed by atoms with van der Waals surface area (Å²) in [6, 6.07) is 14.9. The van der Waals surface area contributed by atoms with Crippen molar-refractivity contribution in [3.05, 3.63) is 75.8 Å². The number of hydrogen-bond acceptors (Lipinski definition) is 6. The maximum absolute atomic E-state index is 12.4. The molecule has 27 heavy (non-hydrogen) atoms. The molecule has 0 unspecified atom stereocenters. The molecule has 0 atom stereocenters. The maximum Gasteiger partial charge on any atom is 0.273 e. The van der Waals surface area contributed by atoms with E-state index in [4.69, 9.17) is 4.74 Å². The van der Waals surface area contributed by atoms with Gasteiger partial charge in [-0.05, 0) is 31.2 Å². The van der Waals surface area contributed by atoms with Crippen LogP contribution in [0.3, 0.4) is 0 Å². The van der Waals surface area contributed by atoms with E-state index in [-0.39, 0.29) is 11.3 Å². The summed E-state index contributed by atoms with van der Waals surface area (Å²) in [6.07, 6.45) is 0. The molecule has 0 fully saturated rings. The maximum atomic E-state index is 12.4. The number of carbonyl (C=O) groups is 1. The Morgan fingerprint density at radius 3 is 2.41 bits per heavy atom. The van der Waals surface area contributed by atoms with Crippen molar-refractivity contribution in [3.8, 4) is 17.1 Å². The van der Waals surface area contributed by atoms with E-state index in [9.17, 15) is 14.9 Å². The van der Waals surface area contributed by atoms with E-state index >= 15 is 0 Å². The average Bonchev–Trinajstić information content (AvgIpc) is 2.68. The first-order chi connectivity index (χ1) is 13.0. The van der Waals surface area contributed by atoms with E-state index in [0.29, 0.717) is 22.8 Å². The van der Waals surface area contributed by atoms with Crippen LogP contribution >= 0.6 is 0 Å². The fourth-order valence-corrected chi connectivity index (χ4v) is 2.46. The molecule has 136 valence electrons. The molecule has 3 rings (SSSR count). The van der Waals surface area contributed by atoms with E-state index < -0.39 is 10.8 Å². The Hall–Kier alpha value is -3.81. The summed E-state index contributed by atoms with van der Waals surface area (Å²) < 4.78 is 4.98. The zero-order valence-corrected chi connectivity index (χ0v) is 14.7. The quantitative estimate of drug-likeness (QED) is 0.547. The van der Waals surface area contributed by atoms with Crippen LogP contribution in [0.2, 0.25) is 0 Å². The summed E-state index contributed by atoms with van der Waals surface area (Å²) in [7, 11) is 1.52. The fourth-order valence-electron chi connectivity index (χ4n) is 2.46. The molecule has 0 saturated heterocycles. The molecule has 0 spiro atoms. The largest absolute Gasteiger partial charge is 0.480 e. The lowest BCUT2D eigenvalue weighted by molar-refractivity contribution is -0.385. The van der Waals surface area contributed by atoms with Gasteiger partial charge in [-0.2, -0.15) is 0 Å². The van der Waals surface area contributed by atoms with Gasteiger partial charge in [-0.15, -0.1) is 10.2 Å². The second-order valence-electron chi connectivity index (χ2n) is 5.75. The first-order valence-corrected chi connectivity index (χ1v) is 8.02. The molecule has 0 radical (unpaired) electrons. The topological polar surface area (TPSA) is 107 Å². The smallest absolute Gasteiger partial charge is 0.273 e. The summed E-state index contributed by atoms with van der Waals surface area (Å²) in [6.45, 7) is 1.63. The molecule has 0 aliphatic heterocycles. The highest BCUT2D eigenvalue weighted by atomic mass is 16.6. The summed E-state index contributed by atoms with van der Waals surface area (Å²) in [5.74, 6) is 0.00455. The van der Waals surface area contributed by atoms with Gasteiger partial charge in [0.05, 0.1) is 17.7 Å². The monoisotopic (exact) mass is 364 g/mol. The number of methoxy groups -OCH3 is 1. The molecule has 1 amide bonds. The Bertz CT molecular complexity index is 986. The summed E-state index contributed by atoms with van der Waals surface area (Å²) in [5.41, 5.74) is 2.69. The van der Waals surface area contributed by atoms with Crippen molar-refractivity contribution >= 4 is 17.3 Å². The molecule has 0 aliphatic carbocycles. The molecule has 0 bridgehead atoms. The van der Waals surface area contributed by atoms with Crippen LogP contribution in [-0.4, -0.2) is 28.1 Å². The molecule has 0 saturated carbocycles. The summed E-state index contributed by atoms with van der Waals surface area (Å²) >= 11 is 0. The van der Waals surface area contributed by atoms with Gasteiger partial charge < -0.3 is 10.1 Å². The zero-order valence-electron chi connectivity index (χ0n) is 14.7. The van der Waals surface area contributed by atoms with E-state index in [1.54, 1.807) is 55.5 Å². The lowest BCUT2D eigenvalue weighted by Gasteiger charge is -2.07. The third kappa shape index (κ3) is 4.06. The van der Waals surface area contributed by atoms with Gasteiger partial charge in [0.2, 0.25) is 5.88 Å². The number of aryl methyl sites for hydroxylation is 1. The number of benzene rings is 2. The highest BCUT2D eigenvalue weighted by molar-refractivity contribution is 6.04. The molecular formula is C19H16N4O4. The Balaban J connectivity index is 1.75. The van der Waals surface area contributed by atoms with E-state index in [0.717, 1.165) is 5.56 Å². The standard InChI is InChI=1S/C19H16N4O4/c1-12-3-4-14(11-17(12)23(25)26)19(24)20-15-7-5-13(6-8-15)16-9-10-18(27-2)22-21-16/h3-11H,1-2H3,(H,20,24).